The Hall–Kier alpha value is -1.57. The van der Waals surface area contributed by atoms with Crippen molar-refractivity contribution in [1.29, 1.82) is 0 Å². The van der Waals surface area contributed by atoms with Gasteiger partial charge in [-0.2, -0.15) is 0 Å². The molecule has 0 bridgehead atoms. The second-order valence-corrected chi connectivity index (χ2v) is 6.50. The van der Waals surface area contributed by atoms with Gasteiger partial charge in [0.2, 0.25) is 0 Å². The topological polar surface area (TPSA) is 24.9 Å². The Labute approximate surface area is 141 Å². The lowest BCUT2D eigenvalue weighted by molar-refractivity contribution is 0.560. The number of rotatable bonds is 12. The highest BCUT2D eigenvalue weighted by Gasteiger charge is 1.97. The van der Waals surface area contributed by atoms with E-state index in [-0.39, 0.29) is 0 Å². The van der Waals surface area contributed by atoms with Gasteiger partial charge in [0.1, 0.15) is 5.82 Å². The number of para-hydroxylation sites is 1. The quantitative estimate of drug-likeness (QED) is 0.448. The van der Waals surface area contributed by atoms with E-state index in [9.17, 15) is 0 Å². The number of pyridine rings is 1. The van der Waals surface area contributed by atoms with E-state index in [1.807, 2.05) is 6.07 Å². The van der Waals surface area contributed by atoms with Crippen LogP contribution in [0, 0.1) is 0 Å². The Morgan fingerprint density at radius 1 is 0.739 bits per heavy atom. The van der Waals surface area contributed by atoms with Crippen LogP contribution in [-0.2, 0) is 0 Å². The van der Waals surface area contributed by atoms with Crippen molar-refractivity contribution in [3.63, 3.8) is 0 Å². The zero-order valence-corrected chi connectivity index (χ0v) is 14.7. The molecule has 0 aliphatic rings. The molecule has 126 valence electrons. The monoisotopic (exact) mass is 312 g/mol. The summed E-state index contributed by atoms with van der Waals surface area (Å²) in [4.78, 5) is 4.65. The summed E-state index contributed by atoms with van der Waals surface area (Å²) in [5.74, 6) is 1.000. The van der Waals surface area contributed by atoms with Crippen LogP contribution in [0.1, 0.15) is 71.1 Å². The van der Waals surface area contributed by atoms with Gasteiger partial charge in [0.15, 0.2) is 0 Å². The maximum Gasteiger partial charge on any atom is 0.126 e. The Kier molecular flexibility index (Phi) is 8.53. The van der Waals surface area contributed by atoms with Crippen LogP contribution in [0.2, 0.25) is 0 Å². The van der Waals surface area contributed by atoms with Gasteiger partial charge in [-0.05, 0) is 24.6 Å². The van der Waals surface area contributed by atoms with Gasteiger partial charge in [0.25, 0.3) is 0 Å². The van der Waals surface area contributed by atoms with Crippen LogP contribution in [0.3, 0.4) is 0 Å². The number of hydrogen-bond donors (Lipinski definition) is 1. The van der Waals surface area contributed by atoms with Crippen LogP contribution >= 0.6 is 0 Å². The summed E-state index contributed by atoms with van der Waals surface area (Å²) in [5, 5.41) is 4.66. The lowest BCUT2D eigenvalue weighted by Crippen LogP contribution is -2.03. The maximum atomic E-state index is 4.65. The molecule has 0 radical (unpaired) electrons. The molecule has 0 saturated carbocycles. The number of hydrogen-bond acceptors (Lipinski definition) is 2. The molecule has 0 aliphatic carbocycles. The van der Waals surface area contributed by atoms with Gasteiger partial charge in [0, 0.05) is 11.9 Å². The number of nitrogens with one attached hydrogen (secondary N) is 1. The molecule has 0 amide bonds. The van der Waals surface area contributed by atoms with Crippen molar-refractivity contribution in [1.82, 2.24) is 4.98 Å². The van der Waals surface area contributed by atoms with Gasteiger partial charge < -0.3 is 5.32 Å². The van der Waals surface area contributed by atoms with Crippen molar-refractivity contribution < 1.29 is 0 Å². The van der Waals surface area contributed by atoms with Crippen molar-refractivity contribution in [3.8, 4) is 0 Å². The molecule has 2 nitrogen and oxygen atoms in total. The first-order valence-electron chi connectivity index (χ1n) is 9.50. The smallest absolute Gasteiger partial charge is 0.126 e. The fraction of sp³-hybridized carbons (Fsp3) is 0.571. The van der Waals surface area contributed by atoms with Gasteiger partial charge in [-0.15, -0.1) is 0 Å². The van der Waals surface area contributed by atoms with Crippen LogP contribution < -0.4 is 5.32 Å². The molecule has 0 atom stereocenters. The highest BCUT2D eigenvalue weighted by Crippen LogP contribution is 2.15. The number of aromatic nitrogens is 1. The first-order valence-corrected chi connectivity index (χ1v) is 9.50. The third kappa shape index (κ3) is 7.02. The van der Waals surface area contributed by atoms with E-state index in [1.165, 1.54) is 69.6 Å². The zero-order chi connectivity index (χ0) is 16.2. The number of unbranched alkanes of at least 4 members (excludes halogenated alkanes) is 9. The molecule has 0 saturated heterocycles. The number of fused-ring (bicyclic) bond motifs is 1. The number of anilines is 1. The van der Waals surface area contributed by atoms with Crippen LogP contribution in [0.25, 0.3) is 10.9 Å². The predicted octanol–water partition coefficient (Wildman–Crippen LogP) is 6.57. The summed E-state index contributed by atoms with van der Waals surface area (Å²) < 4.78 is 0. The standard InChI is InChI=1S/C21H32N2/c1-2-3-4-5-6-7-8-9-10-13-18-22-21-17-16-19-14-11-12-15-20(19)23-21/h11-12,14-17H,2-10,13,18H2,1H3,(H,22,23). The minimum atomic E-state index is 1.000. The lowest BCUT2D eigenvalue weighted by Gasteiger charge is -2.07. The maximum absolute atomic E-state index is 4.65. The second kappa shape index (κ2) is 11.0. The molecule has 1 N–H and O–H groups in total. The highest BCUT2D eigenvalue weighted by molar-refractivity contribution is 5.79. The lowest BCUT2D eigenvalue weighted by atomic mass is 10.1. The van der Waals surface area contributed by atoms with Crippen molar-refractivity contribution >= 4 is 16.7 Å². The summed E-state index contributed by atoms with van der Waals surface area (Å²) in [5.41, 5.74) is 1.07. The molecule has 0 unspecified atom stereocenters. The summed E-state index contributed by atoms with van der Waals surface area (Å²) in [6.45, 7) is 3.31. The average Bonchev–Trinajstić information content (AvgIpc) is 2.59. The molecule has 0 aliphatic heterocycles. The predicted molar refractivity (Wildman–Crippen MR) is 102 cm³/mol. The largest absolute Gasteiger partial charge is 0.370 e. The SMILES string of the molecule is CCCCCCCCCCCCNc1ccc2ccccc2n1. The summed E-state index contributed by atoms with van der Waals surface area (Å²) in [6, 6.07) is 12.5. The molecule has 0 fully saturated rings. The molecule has 2 aromatic rings. The van der Waals surface area contributed by atoms with E-state index in [0.717, 1.165) is 17.9 Å². The fourth-order valence-corrected chi connectivity index (χ4v) is 2.99. The van der Waals surface area contributed by atoms with Gasteiger partial charge in [-0.3, -0.25) is 0 Å². The molecular formula is C21H32N2. The first kappa shape index (κ1) is 17.8. The Bertz CT molecular complexity index is 550. The Balaban J connectivity index is 1.50. The normalized spacial score (nSPS) is 11.0. The van der Waals surface area contributed by atoms with E-state index in [4.69, 9.17) is 0 Å². The average molecular weight is 313 g/mol. The minimum absolute atomic E-state index is 1.000. The summed E-state index contributed by atoms with van der Waals surface area (Å²) in [7, 11) is 0. The molecular weight excluding hydrogens is 280 g/mol. The van der Waals surface area contributed by atoms with Gasteiger partial charge >= 0.3 is 0 Å². The summed E-state index contributed by atoms with van der Waals surface area (Å²) >= 11 is 0. The molecule has 23 heavy (non-hydrogen) atoms. The Morgan fingerprint density at radius 3 is 2.13 bits per heavy atom. The van der Waals surface area contributed by atoms with E-state index in [2.05, 4.69) is 47.6 Å². The van der Waals surface area contributed by atoms with Crippen molar-refractivity contribution in [2.45, 2.75) is 71.1 Å². The van der Waals surface area contributed by atoms with E-state index >= 15 is 0 Å². The van der Waals surface area contributed by atoms with E-state index < -0.39 is 0 Å². The minimum Gasteiger partial charge on any atom is -0.370 e. The van der Waals surface area contributed by atoms with Gasteiger partial charge in [0.05, 0.1) is 5.52 Å². The third-order valence-electron chi connectivity index (χ3n) is 4.43. The van der Waals surface area contributed by atoms with E-state index in [1.54, 1.807) is 0 Å². The number of benzene rings is 1. The fourth-order valence-electron chi connectivity index (χ4n) is 2.99. The zero-order valence-electron chi connectivity index (χ0n) is 14.7. The van der Waals surface area contributed by atoms with Crippen LogP contribution in [0.5, 0.6) is 0 Å². The van der Waals surface area contributed by atoms with Crippen molar-refractivity contribution in [2.75, 3.05) is 11.9 Å². The highest BCUT2D eigenvalue weighted by atomic mass is 15.0. The first-order chi connectivity index (χ1) is 11.4. The van der Waals surface area contributed by atoms with Gasteiger partial charge in [-0.1, -0.05) is 82.9 Å². The Morgan fingerprint density at radius 2 is 1.39 bits per heavy atom. The molecule has 2 heteroatoms. The van der Waals surface area contributed by atoms with Crippen molar-refractivity contribution in [2.24, 2.45) is 0 Å². The molecule has 1 heterocycles. The van der Waals surface area contributed by atoms with Crippen molar-refractivity contribution in [3.05, 3.63) is 36.4 Å². The van der Waals surface area contributed by atoms with Crippen LogP contribution in [0.4, 0.5) is 5.82 Å². The van der Waals surface area contributed by atoms with Gasteiger partial charge in [-0.25, -0.2) is 4.98 Å². The molecule has 1 aromatic carbocycles. The molecule has 0 spiro atoms. The van der Waals surface area contributed by atoms with E-state index in [0.29, 0.717) is 0 Å². The molecule has 2 rings (SSSR count). The van der Waals surface area contributed by atoms with Crippen LogP contribution in [-0.4, -0.2) is 11.5 Å². The molecule has 1 aromatic heterocycles. The third-order valence-corrected chi connectivity index (χ3v) is 4.43. The van der Waals surface area contributed by atoms with Crippen LogP contribution in [0.15, 0.2) is 36.4 Å². The number of nitrogens with zero attached hydrogens (tertiary/aromatic N) is 1. The summed E-state index contributed by atoms with van der Waals surface area (Å²) in [6.07, 6.45) is 13.8. The second-order valence-electron chi connectivity index (χ2n) is 6.50.